The normalized spacial score (nSPS) is 11.4. The number of thiazole rings is 1. The Bertz CT molecular complexity index is 590. The number of ether oxygens (including phenoxy) is 1. The summed E-state index contributed by atoms with van der Waals surface area (Å²) in [4.78, 5) is 5.55. The van der Waals surface area contributed by atoms with Crippen LogP contribution in [0.2, 0.25) is 0 Å². The third-order valence-electron chi connectivity index (χ3n) is 3.35. The summed E-state index contributed by atoms with van der Waals surface area (Å²) in [5.41, 5.74) is 2.19. The van der Waals surface area contributed by atoms with Crippen LogP contribution in [0.25, 0.3) is 0 Å². The Balaban J connectivity index is 2.14. The van der Waals surface area contributed by atoms with Crippen molar-refractivity contribution < 1.29 is 9.84 Å². The summed E-state index contributed by atoms with van der Waals surface area (Å²) in [6.45, 7) is 9.00. The van der Waals surface area contributed by atoms with Crippen molar-refractivity contribution in [2.45, 2.75) is 52.7 Å². The number of hydrogen-bond acceptors (Lipinski definition) is 4. The van der Waals surface area contributed by atoms with Crippen molar-refractivity contribution in [3.63, 3.8) is 0 Å². The lowest BCUT2D eigenvalue weighted by atomic mass is 10.0. The molecule has 3 nitrogen and oxygen atoms in total. The lowest BCUT2D eigenvalue weighted by molar-refractivity contribution is 0.283. The minimum absolute atomic E-state index is 0.0494. The Morgan fingerprint density at radius 3 is 2.43 bits per heavy atom. The molecule has 2 rings (SSSR count). The zero-order valence-electron chi connectivity index (χ0n) is 13.1. The zero-order valence-corrected chi connectivity index (χ0v) is 13.9. The Morgan fingerprint density at radius 1 is 1.14 bits per heavy atom. The molecule has 0 atom stereocenters. The molecule has 4 heteroatoms. The highest BCUT2D eigenvalue weighted by atomic mass is 32.1. The summed E-state index contributed by atoms with van der Waals surface area (Å²) in [7, 11) is 0. The van der Waals surface area contributed by atoms with Gasteiger partial charge in [0.25, 0.3) is 0 Å². The van der Waals surface area contributed by atoms with E-state index in [1.807, 2.05) is 18.2 Å². The van der Waals surface area contributed by atoms with Crippen LogP contribution in [0.15, 0.2) is 24.3 Å². The molecule has 0 bridgehead atoms. The van der Waals surface area contributed by atoms with E-state index in [9.17, 15) is 5.11 Å². The molecule has 0 unspecified atom stereocenters. The average Bonchev–Trinajstić information content (AvgIpc) is 2.89. The molecule has 0 aliphatic rings. The Hall–Kier alpha value is -1.39. The minimum atomic E-state index is 0.0494. The van der Waals surface area contributed by atoms with E-state index in [4.69, 9.17) is 4.74 Å². The standard InChI is InChI=1S/C17H23NO2S/c1-11(2)13-7-5-6-8-14(13)20-10-16-18-17(12(3)4)15(9-19)21-16/h5-8,11-12,19H,9-10H2,1-4H3. The van der Waals surface area contributed by atoms with Crippen LogP contribution in [0.4, 0.5) is 0 Å². The molecule has 1 heterocycles. The molecule has 0 spiro atoms. The third-order valence-corrected chi connectivity index (χ3v) is 4.38. The van der Waals surface area contributed by atoms with Crippen LogP contribution in [0.1, 0.15) is 60.7 Å². The van der Waals surface area contributed by atoms with Crippen LogP contribution in [-0.4, -0.2) is 10.1 Å². The van der Waals surface area contributed by atoms with Gasteiger partial charge in [-0.2, -0.15) is 0 Å². The zero-order chi connectivity index (χ0) is 15.4. The second kappa shape index (κ2) is 7.05. The van der Waals surface area contributed by atoms with Gasteiger partial charge in [-0.3, -0.25) is 0 Å². The first kappa shape index (κ1) is 16.0. The van der Waals surface area contributed by atoms with Gasteiger partial charge in [0.2, 0.25) is 0 Å². The van der Waals surface area contributed by atoms with Crippen LogP contribution < -0.4 is 4.74 Å². The van der Waals surface area contributed by atoms with E-state index in [-0.39, 0.29) is 6.61 Å². The van der Waals surface area contributed by atoms with Crippen LogP contribution in [0, 0.1) is 0 Å². The smallest absolute Gasteiger partial charge is 0.140 e. The van der Waals surface area contributed by atoms with Crippen LogP contribution in [0.3, 0.4) is 0 Å². The first-order valence-corrected chi connectivity index (χ1v) is 8.15. The summed E-state index contributed by atoms with van der Waals surface area (Å²) in [6.07, 6.45) is 0. The minimum Gasteiger partial charge on any atom is -0.486 e. The quantitative estimate of drug-likeness (QED) is 0.856. The maximum Gasteiger partial charge on any atom is 0.140 e. The SMILES string of the molecule is CC(C)c1ccccc1OCc1nc(C(C)C)c(CO)s1. The van der Waals surface area contributed by atoms with Crippen LogP contribution >= 0.6 is 11.3 Å². The maximum absolute atomic E-state index is 9.41. The summed E-state index contributed by atoms with van der Waals surface area (Å²) >= 11 is 1.54. The number of para-hydroxylation sites is 1. The molecule has 21 heavy (non-hydrogen) atoms. The first-order valence-electron chi connectivity index (χ1n) is 7.34. The van der Waals surface area contributed by atoms with Gasteiger partial charge in [-0.25, -0.2) is 4.98 Å². The van der Waals surface area contributed by atoms with Crippen molar-refractivity contribution in [1.29, 1.82) is 0 Å². The molecular weight excluding hydrogens is 282 g/mol. The van der Waals surface area contributed by atoms with Gasteiger partial charge in [0.15, 0.2) is 0 Å². The van der Waals surface area contributed by atoms with E-state index < -0.39 is 0 Å². The van der Waals surface area contributed by atoms with E-state index >= 15 is 0 Å². The lowest BCUT2D eigenvalue weighted by Crippen LogP contribution is -2.00. The van der Waals surface area contributed by atoms with Crippen LogP contribution in [-0.2, 0) is 13.2 Å². The van der Waals surface area contributed by atoms with Gasteiger partial charge in [-0.1, -0.05) is 45.9 Å². The fraction of sp³-hybridized carbons (Fsp3) is 0.471. The van der Waals surface area contributed by atoms with E-state index in [0.717, 1.165) is 21.3 Å². The highest BCUT2D eigenvalue weighted by Crippen LogP contribution is 2.29. The molecule has 0 amide bonds. The van der Waals surface area contributed by atoms with Gasteiger partial charge in [0, 0.05) is 0 Å². The summed E-state index contributed by atoms with van der Waals surface area (Å²) in [6, 6.07) is 8.12. The first-order chi connectivity index (χ1) is 10.0. The number of benzene rings is 1. The van der Waals surface area contributed by atoms with Gasteiger partial charge in [0.1, 0.15) is 17.4 Å². The predicted octanol–water partition coefficient (Wildman–Crippen LogP) is 4.46. The second-order valence-corrected chi connectivity index (χ2v) is 6.88. The molecule has 1 aromatic carbocycles. The summed E-state index contributed by atoms with van der Waals surface area (Å²) in [5.74, 6) is 1.66. The molecule has 0 saturated carbocycles. The third kappa shape index (κ3) is 3.83. The monoisotopic (exact) mass is 305 g/mol. The fourth-order valence-corrected chi connectivity index (χ4v) is 3.27. The summed E-state index contributed by atoms with van der Waals surface area (Å²) in [5, 5.41) is 10.3. The second-order valence-electron chi connectivity index (χ2n) is 5.71. The van der Waals surface area contributed by atoms with Crippen molar-refractivity contribution in [3.8, 4) is 5.75 Å². The van der Waals surface area contributed by atoms with Gasteiger partial charge in [0.05, 0.1) is 17.2 Å². The van der Waals surface area contributed by atoms with E-state index in [1.165, 1.54) is 16.9 Å². The topological polar surface area (TPSA) is 42.4 Å². The molecule has 1 N–H and O–H groups in total. The Kier molecular flexibility index (Phi) is 5.37. The molecule has 0 saturated heterocycles. The molecule has 0 aliphatic heterocycles. The Labute approximate surface area is 130 Å². The van der Waals surface area contributed by atoms with Gasteiger partial charge >= 0.3 is 0 Å². The molecule has 1 aromatic heterocycles. The van der Waals surface area contributed by atoms with Gasteiger partial charge < -0.3 is 9.84 Å². The highest BCUT2D eigenvalue weighted by molar-refractivity contribution is 7.11. The highest BCUT2D eigenvalue weighted by Gasteiger charge is 2.14. The number of hydrogen-bond donors (Lipinski definition) is 1. The van der Waals surface area contributed by atoms with E-state index in [0.29, 0.717) is 18.4 Å². The molecule has 2 aromatic rings. The van der Waals surface area contributed by atoms with Crippen molar-refractivity contribution in [2.75, 3.05) is 0 Å². The number of rotatable bonds is 6. The van der Waals surface area contributed by atoms with Crippen molar-refractivity contribution >= 4 is 11.3 Å². The maximum atomic E-state index is 9.41. The molecule has 0 radical (unpaired) electrons. The van der Waals surface area contributed by atoms with E-state index in [1.54, 1.807) is 0 Å². The number of aliphatic hydroxyl groups is 1. The van der Waals surface area contributed by atoms with Crippen molar-refractivity contribution in [2.24, 2.45) is 0 Å². The van der Waals surface area contributed by atoms with E-state index in [2.05, 4.69) is 38.7 Å². The molecular formula is C17H23NO2S. The van der Waals surface area contributed by atoms with Crippen molar-refractivity contribution in [3.05, 3.63) is 45.4 Å². The predicted molar refractivity (Wildman–Crippen MR) is 87.0 cm³/mol. The number of nitrogens with zero attached hydrogens (tertiary/aromatic N) is 1. The summed E-state index contributed by atoms with van der Waals surface area (Å²) < 4.78 is 5.94. The average molecular weight is 305 g/mol. The van der Waals surface area contributed by atoms with Crippen LogP contribution in [0.5, 0.6) is 5.75 Å². The Morgan fingerprint density at radius 2 is 1.86 bits per heavy atom. The van der Waals surface area contributed by atoms with Gasteiger partial charge in [-0.05, 0) is 23.5 Å². The van der Waals surface area contributed by atoms with Gasteiger partial charge in [-0.15, -0.1) is 11.3 Å². The molecule has 0 aliphatic carbocycles. The van der Waals surface area contributed by atoms with Crippen molar-refractivity contribution in [1.82, 2.24) is 4.98 Å². The molecule has 0 fully saturated rings. The largest absolute Gasteiger partial charge is 0.486 e. The molecule has 114 valence electrons. The lowest BCUT2D eigenvalue weighted by Gasteiger charge is -2.12. The number of aromatic nitrogens is 1. The fourth-order valence-electron chi connectivity index (χ4n) is 2.27. The number of aliphatic hydroxyl groups excluding tert-OH is 1.